The van der Waals surface area contributed by atoms with E-state index in [4.69, 9.17) is 4.74 Å². The van der Waals surface area contributed by atoms with Crippen molar-refractivity contribution in [2.75, 3.05) is 26.8 Å². The largest absolute Gasteiger partial charge is 0.383 e. The van der Waals surface area contributed by atoms with E-state index in [9.17, 15) is 4.79 Å². The van der Waals surface area contributed by atoms with Crippen molar-refractivity contribution in [1.29, 1.82) is 0 Å². The van der Waals surface area contributed by atoms with Crippen LogP contribution in [0.3, 0.4) is 0 Å². The average molecular weight is 200 g/mol. The van der Waals surface area contributed by atoms with E-state index in [0.717, 1.165) is 0 Å². The highest BCUT2D eigenvalue weighted by Crippen LogP contribution is 1.83. The van der Waals surface area contributed by atoms with E-state index < -0.39 is 0 Å². The molecule has 0 saturated carbocycles. The summed E-state index contributed by atoms with van der Waals surface area (Å²) in [5.74, 6) is 0.0470. The molecule has 0 aromatic rings. The standard InChI is InChI=1S/C10H20N2O2/c1-4-9(2)11-6-5-10(13)12-7-8-14-3/h4,9,11H,1,5-8H2,2-3H3,(H,12,13). The van der Waals surface area contributed by atoms with Crippen LogP contribution in [0.2, 0.25) is 0 Å². The number of carbonyl (C=O) groups is 1. The average Bonchev–Trinajstić information content (AvgIpc) is 2.18. The highest BCUT2D eigenvalue weighted by molar-refractivity contribution is 5.76. The zero-order chi connectivity index (χ0) is 10.8. The Balaban J connectivity index is 3.30. The third-order valence-corrected chi connectivity index (χ3v) is 1.80. The molecule has 4 nitrogen and oxygen atoms in total. The number of nitrogens with one attached hydrogen (secondary N) is 2. The van der Waals surface area contributed by atoms with Crippen LogP contribution in [-0.2, 0) is 9.53 Å². The van der Waals surface area contributed by atoms with Gasteiger partial charge in [-0.05, 0) is 6.92 Å². The fraction of sp³-hybridized carbons (Fsp3) is 0.700. The van der Waals surface area contributed by atoms with Crippen molar-refractivity contribution >= 4 is 5.91 Å². The van der Waals surface area contributed by atoms with Gasteiger partial charge in [-0.2, -0.15) is 0 Å². The van der Waals surface area contributed by atoms with E-state index in [1.807, 2.05) is 13.0 Å². The lowest BCUT2D eigenvalue weighted by Gasteiger charge is -2.08. The second-order valence-electron chi connectivity index (χ2n) is 3.07. The molecule has 1 atom stereocenters. The summed E-state index contributed by atoms with van der Waals surface area (Å²) in [6, 6.07) is 0.252. The fourth-order valence-electron chi connectivity index (χ4n) is 0.878. The second kappa shape index (κ2) is 8.72. The summed E-state index contributed by atoms with van der Waals surface area (Å²) < 4.78 is 4.81. The molecule has 0 bridgehead atoms. The molecule has 0 rings (SSSR count). The third kappa shape index (κ3) is 7.76. The van der Waals surface area contributed by atoms with Gasteiger partial charge in [0.05, 0.1) is 6.61 Å². The van der Waals surface area contributed by atoms with Crippen LogP contribution in [0.1, 0.15) is 13.3 Å². The first-order valence-electron chi connectivity index (χ1n) is 4.82. The van der Waals surface area contributed by atoms with Crippen molar-refractivity contribution in [3.8, 4) is 0 Å². The lowest BCUT2D eigenvalue weighted by molar-refractivity contribution is -0.121. The molecule has 0 radical (unpaired) electrons. The molecule has 0 aliphatic carbocycles. The van der Waals surface area contributed by atoms with Gasteiger partial charge in [0.15, 0.2) is 0 Å². The Morgan fingerprint density at radius 2 is 2.29 bits per heavy atom. The van der Waals surface area contributed by atoms with Crippen LogP contribution in [0, 0.1) is 0 Å². The van der Waals surface area contributed by atoms with Crippen LogP contribution in [0.5, 0.6) is 0 Å². The number of hydrogen-bond donors (Lipinski definition) is 2. The number of carbonyl (C=O) groups excluding carboxylic acids is 1. The Bertz CT molecular complexity index is 172. The van der Waals surface area contributed by atoms with Gasteiger partial charge in [-0.1, -0.05) is 6.08 Å². The number of hydrogen-bond acceptors (Lipinski definition) is 3. The van der Waals surface area contributed by atoms with E-state index >= 15 is 0 Å². The first-order chi connectivity index (χ1) is 6.70. The molecule has 0 spiro atoms. The van der Waals surface area contributed by atoms with Crippen molar-refractivity contribution < 1.29 is 9.53 Å². The van der Waals surface area contributed by atoms with Gasteiger partial charge >= 0.3 is 0 Å². The molecule has 0 aromatic heterocycles. The molecule has 0 saturated heterocycles. The highest BCUT2D eigenvalue weighted by Gasteiger charge is 2.00. The first-order valence-corrected chi connectivity index (χ1v) is 4.82. The SMILES string of the molecule is C=CC(C)NCCC(=O)NCCOC. The summed E-state index contributed by atoms with van der Waals surface area (Å²) in [6.45, 7) is 7.44. The fourth-order valence-corrected chi connectivity index (χ4v) is 0.878. The molecular formula is C10H20N2O2. The van der Waals surface area contributed by atoms with Crippen LogP contribution in [0.15, 0.2) is 12.7 Å². The van der Waals surface area contributed by atoms with Gasteiger partial charge in [0.1, 0.15) is 0 Å². The molecule has 0 aromatic carbocycles. The Morgan fingerprint density at radius 3 is 2.86 bits per heavy atom. The zero-order valence-electron chi connectivity index (χ0n) is 9.01. The van der Waals surface area contributed by atoms with Crippen LogP contribution in [-0.4, -0.2) is 38.8 Å². The van der Waals surface area contributed by atoms with Crippen LogP contribution in [0.25, 0.3) is 0 Å². The van der Waals surface area contributed by atoms with Gasteiger partial charge in [0.2, 0.25) is 5.91 Å². The molecule has 1 amide bonds. The third-order valence-electron chi connectivity index (χ3n) is 1.80. The van der Waals surface area contributed by atoms with Gasteiger partial charge < -0.3 is 15.4 Å². The number of amides is 1. The number of ether oxygens (including phenoxy) is 1. The Kier molecular flexibility index (Phi) is 8.17. The second-order valence-corrected chi connectivity index (χ2v) is 3.07. The quantitative estimate of drug-likeness (QED) is 0.438. The van der Waals surface area contributed by atoms with Crippen LogP contribution in [0.4, 0.5) is 0 Å². The number of methoxy groups -OCH3 is 1. The minimum Gasteiger partial charge on any atom is -0.383 e. The van der Waals surface area contributed by atoms with Crippen LogP contribution >= 0.6 is 0 Å². The normalized spacial score (nSPS) is 12.1. The van der Waals surface area contributed by atoms with E-state index in [1.165, 1.54) is 0 Å². The molecule has 0 aliphatic heterocycles. The maximum absolute atomic E-state index is 11.2. The van der Waals surface area contributed by atoms with E-state index in [0.29, 0.717) is 26.1 Å². The van der Waals surface area contributed by atoms with Crippen LogP contribution < -0.4 is 10.6 Å². The molecule has 2 N–H and O–H groups in total. The highest BCUT2D eigenvalue weighted by atomic mass is 16.5. The predicted octanol–water partition coefficient (Wildman–Crippen LogP) is 0.303. The van der Waals surface area contributed by atoms with E-state index in [-0.39, 0.29) is 11.9 Å². The lowest BCUT2D eigenvalue weighted by atomic mass is 10.3. The maximum atomic E-state index is 11.2. The lowest BCUT2D eigenvalue weighted by Crippen LogP contribution is -2.32. The van der Waals surface area contributed by atoms with E-state index in [2.05, 4.69) is 17.2 Å². The first kappa shape index (κ1) is 13.1. The zero-order valence-corrected chi connectivity index (χ0v) is 9.01. The van der Waals surface area contributed by atoms with E-state index in [1.54, 1.807) is 7.11 Å². The molecule has 82 valence electrons. The van der Waals surface area contributed by atoms with Crippen molar-refractivity contribution in [2.24, 2.45) is 0 Å². The summed E-state index contributed by atoms with van der Waals surface area (Å²) in [5.41, 5.74) is 0. The summed E-state index contributed by atoms with van der Waals surface area (Å²) in [4.78, 5) is 11.2. The van der Waals surface area contributed by atoms with Crippen molar-refractivity contribution in [1.82, 2.24) is 10.6 Å². The van der Waals surface area contributed by atoms with Crippen molar-refractivity contribution in [3.05, 3.63) is 12.7 Å². The monoisotopic (exact) mass is 200 g/mol. The minimum absolute atomic E-state index is 0.0470. The molecular weight excluding hydrogens is 180 g/mol. The molecule has 0 heterocycles. The maximum Gasteiger partial charge on any atom is 0.221 e. The van der Waals surface area contributed by atoms with Crippen molar-refractivity contribution in [3.63, 3.8) is 0 Å². The summed E-state index contributed by atoms with van der Waals surface area (Å²) >= 11 is 0. The molecule has 0 fully saturated rings. The molecule has 4 heteroatoms. The minimum atomic E-state index is 0.0470. The molecule has 1 unspecified atom stereocenters. The Morgan fingerprint density at radius 1 is 1.57 bits per heavy atom. The summed E-state index contributed by atoms with van der Waals surface area (Å²) in [6.07, 6.45) is 2.30. The van der Waals surface area contributed by atoms with Gasteiger partial charge in [-0.15, -0.1) is 6.58 Å². The predicted molar refractivity (Wildman–Crippen MR) is 57.2 cm³/mol. The molecule has 0 aliphatic rings. The van der Waals surface area contributed by atoms with Gasteiger partial charge in [0.25, 0.3) is 0 Å². The number of rotatable bonds is 8. The molecule has 14 heavy (non-hydrogen) atoms. The topological polar surface area (TPSA) is 50.4 Å². The van der Waals surface area contributed by atoms with Crippen molar-refractivity contribution in [2.45, 2.75) is 19.4 Å². The Hall–Kier alpha value is -0.870. The Labute approximate surface area is 85.7 Å². The van der Waals surface area contributed by atoms with Gasteiger partial charge in [0, 0.05) is 32.7 Å². The summed E-state index contributed by atoms with van der Waals surface area (Å²) in [5, 5.41) is 5.89. The van der Waals surface area contributed by atoms with Gasteiger partial charge in [-0.25, -0.2) is 0 Å². The van der Waals surface area contributed by atoms with Gasteiger partial charge in [-0.3, -0.25) is 4.79 Å². The summed E-state index contributed by atoms with van der Waals surface area (Å²) in [7, 11) is 1.61. The smallest absolute Gasteiger partial charge is 0.221 e.